The number of phenols is 1. The fourth-order valence-electron chi connectivity index (χ4n) is 2.23. The molecule has 7 heteroatoms. The van der Waals surface area contributed by atoms with Gasteiger partial charge in [0.15, 0.2) is 0 Å². The lowest BCUT2D eigenvalue weighted by Crippen LogP contribution is -2.17. The minimum absolute atomic E-state index is 0.0933. The summed E-state index contributed by atoms with van der Waals surface area (Å²) in [5.41, 5.74) is 4.96. The molecule has 6 nitrogen and oxygen atoms in total. The van der Waals surface area contributed by atoms with Gasteiger partial charge in [-0.05, 0) is 43.3 Å². The number of hydrazone groups is 1. The number of aryl methyl sites for hydroxylation is 1. The van der Waals surface area contributed by atoms with Crippen LogP contribution in [0.2, 0.25) is 5.15 Å². The number of nitrogens with zero attached hydrogens (tertiary/aromatic N) is 3. The van der Waals surface area contributed by atoms with Crippen molar-refractivity contribution in [2.75, 3.05) is 0 Å². The van der Waals surface area contributed by atoms with E-state index >= 15 is 0 Å². The maximum Gasteiger partial charge on any atom is 0.271 e. The minimum atomic E-state index is -0.388. The molecule has 0 radical (unpaired) electrons. The molecule has 0 aliphatic rings. The Kier molecular flexibility index (Phi) is 4.81. The molecule has 3 aromatic rings. The first kappa shape index (κ1) is 16.7. The standard InChI is InChI=1S/C18H15ClN4O2/c1-12-16(17(19)23(22-12)14-5-3-2-4-6-14)11-20-21-18(25)13-7-9-15(24)10-8-13/h2-11,24H,1H3,(H,21,25)/b20-11-. The van der Waals surface area contributed by atoms with Crippen molar-refractivity contribution in [2.45, 2.75) is 6.92 Å². The number of carbonyl (C=O) groups is 1. The predicted octanol–water partition coefficient (Wildman–Crippen LogP) is 3.30. The summed E-state index contributed by atoms with van der Waals surface area (Å²) in [4.78, 5) is 12.0. The van der Waals surface area contributed by atoms with Gasteiger partial charge in [-0.25, -0.2) is 10.1 Å². The molecular formula is C18H15ClN4O2. The van der Waals surface area contributed by atoms with Crippen LogP contribution in [0.25, 0.3) is 5.69 Å². The predicted molar refractivity (Wildman–Crippen MR) is 96.5 cm³/mol. The van der Waals surface area contributed by atoms with Crippen LogP contribution in [0.4, 0.5) is 0 Å². The Hall–Kier alpha value is -3.12. The Morgan fingerprint density at radius 3 is 2.56 bits per heavy atom. The zero-order valence-corrected chi connectivity index (χ0v) is 14.1. The van der Waals surface area contributed by atoms with Gasteiger partial charge in [0.05, 0.1) is 23.2 Å². The van der Waals surface area contributed by atoms with Gasteiger partial charge in [-0.2, -0.15) is 10.2 Å². The van der Waals surface area contributed by atoms with Gasteiger partial charge in [0.25, 0.3) is 5.91 Å². The number of halogens is 1. The Labute approximate surface area is 149 Å². The van der Waals surface area contributed by atoms with E-state index in [2.05, 4.69) is 15.6 Å². The summed E-state index contributed by atoms with van der Waals surface area (Å²) in [7, 11) is 0. The highest BCUT2D eigenvalue weighted by Crippen LogP contribution is 2.21. The third kappa shape index (κ3) is 3.70. The summed E-state index contributed by atoms with van der Waals surface area (Å²) in [6, 6.07) is 15.4. The number of amides is 1. The van der Waals surface area contributed by atoms with Crippen molar-refractivity contribution in [3.05, 3.63) is 76.6 Å². The summed E-state index contributed by atoms with van der Waals surface area (Å²) in [5.74, 6) is -0.295. The fourth-order valence-corrected chi connectivity index (χ4v) is 2.55. The van der Waals surface area contributed by atoms with Gasteiger partial charge in [0, 0.05) is 5.56 Å². The van der Waals surface area contributed by atoms with Crippen LogP contribution in [0.1, 0.15) is 21.6 Å². The van der Waals surface area contributed by atoms with Crippen LogP contribution >= 0.6 is 11.6 Å². The second kappa shape index (κ2) is 7.19. The second-order valence-corrected chi connectivity index (χ2v) is 5.64. The lowest BCUT2D eigenvalue weighted by Gasteiger charge is -2.02. The molecule has 1 heterocycles. The van der Waals surface area contributed by atoms with E-state index in [1.165, 1.54) is 30.5 Å². The van der Waals surface area contributed by atoms with Gasteiger partial charge < -0.3 is 5.11 Å². The Bertz CT molecular complexity index is 918. The molecule has 0 saturated heterocycles. The number of hydrogen-bond donors (Lipinski definition) is 2. The molecule has 1 amide bonds. The number of phenolic OH excluding ortho intramolecular Hbond substituents is 1. The molecule has 25 heavy (non-hydrogen) atoms. The summed E-state index contributed by atoms with van der Waals surface area (Å²) in [6.45, 7) is 1.81. The molecule has 0 unspecified atom stereocenters. The molecule has 1 aromatic heterocycles. The molecule has 0 aliphatic heterocycles. The molecule has 0 saturated carbocycles. The first-order valence-corrected chi connectivity index (χ1v) is 7.87. The Balaban J connectivity index is 1.77. The number of para-hydroxylation sites is 1. The zero-order valence-electron chi connectivity index (χ0n) is 13.3. The number of rotatable bonds is 4. The molecule has 126 valence electrons. The Morgan fingerprint density at radius 2 is 1.88 bits per heavy atom. The number of hydrogen-bond acceptors (Lipinski definition) is 4. The van der Waals surface area contributed by atoms with Crippen LogP contribution in [0.3, 0.4) is 0 Å². The van der Waals surface area contributed by atoms with Crippen LogP contribution in [0.5, 0.6) is 5.75 Å². The Morgan fingerprint density at radius 1 is 1.20 bits per heavy atom. The first-order valence-electron chi connectivity index (χ1n) is 7.49. The van der Waals surface area contributed by atoms with Gasteiger partial charge in [-0.15, -0.1) is 0 Å². The number of nitrogens with one attached hydrogen (secondary N) is 1. The number of aromatic nitrogens is 2. The van der Waals surface area contributed by atoms with E-state index in [1.807, 2.05) is 37.3 Å². The summed E-state index contributed by atoms with van der Waals surface area (Å²) in [5, 5.41) is 18.0. The molecule has 0 aliphatic carbocycles. The van der Waals surface area contributed by atoms with E-state index in [1.54, 1.807) is 4.68 Å². The van der Waals surface area contributed by atoms with Crippen molar-refractivity contribution in [1.29, 1.82) is 0 Å². The van der Waals surface area contributed by atoms with Crippen molar-refractivity contribution >= 4 is 23.7 Å². The lowest BCUT2D eigenvalue weighted by atomic mass is 10.2. The summed E-state index contributed by atoms with van der Waals surface area (Å²) < 4.78 is 1.61. The van der Waals surface area contributed by atoms with Gasteiger partial charge in [-0.1, -0.05) is 29.8 Å². The van der Waals surface area contributed by atoms with Gasteiger partial charge in [-0.3, -0.25) is 4.79 Å². The molecular weight excluding hydrogens is 340 g/mol. The van der Waals surface area contributed by atoms with Crippen molar-refractivity contribution in [3.8, 4) is 11.4 Å². The van der Waals surface area contributed by atoms with Crippen LogP contribution in [-0.2, 0) is 0 Å². The SMILES string of the molecule is Cc1nn(-c2ccccc2)c(Cl)c1/C=N\NC(=O)c1ccc(O)cc1. The smallest absolute Gasteiger partial charge is 0.271 e. The van der Waals surface area contributed by atoms with E-state index in [-0.39, 0.29) is 11.7 Å². The molecule has 3 rings (SSSR count). The van der Waals surface area contributed by atoms with Crippen LogP contribution in [0.15, 0.2) is 59.7 Å². The molecule has 0 bridgehead atoms. The van der Waals surface area contributed by atoms with E-state index in [9.17, 15) is 9.90 Å². The van der Waals surface area contributed by atoms with Crippen LogP contribution < -0.4 is 5.43 Å². The zero-order chi connectivity index (χ0) is 17.8. The van der Waals surface area contributed by atoms with Crippen molar-refractivity contribution in [1.82, 2.24) is 15.2 Å². The largest absolute Gasteiger partial charge is 0.508 e. The molecule has 2 N–H and O–H groups in total. The van der Waals surface area contributed by atoms with Gasteiger partial charge in [0.2, 0.25) is 0 Å². The number of carbonyl (C=O) groups excluding carboxylic acids is 1. The normalized spacial score (nSPS) is 11.0. The van der Waals surface area contributed by atoms with E-state index in [0.717, 1.165) is 5.69 Å². The van der Waals surface area contributed by atoms with E-state index in [0.29, 0.717) is 22.0 Å². The first-order chi connectivity index (χ1) is 12.1. The fraction of sp³-hybridized carbons (Fsp3) is 0.0556. The quantitative estimate of drug-likeness (QED) is 0.557. The van der Waals surface area contributed by atoms with Crippen molar-refractivity contribution in [2.24, 2.45) is 5.10 Å². The maximum atomic E-state index is 12.0. The highest BCUT2D eigenvalue weighted by atomic mass is 35.5. The highest BCUT2D eigenvalue weighted by Gasteiger charge is 2.13. The average molecular weight is 355 g/mol. The van der Waals surface area contributed by atoms with E-state index in [4.69, 9.17) is 11.6 Å². The van der Waals surface area contributed by atoms with Gasteiger partial charge in [0.1, 0.15) is 10.9 Å². The summed E-state index contributed by atoms with van der Waals surface area (Å²) in [6.07, 6.45) is 1.46. The third-order valence-electron chi connectivity index (χ3n) is 3.54. The monoisotopic (exact) mass is 354 g/mol. The average Bonchev–Trinajstić information content (AvgIpc) is 2.91. The highest BCUT2D eigenvalue weighted by molar-refractivity contribution is 6.32. The molecule has 0 atom stereocenters. The third-order valence-corrected chi connectivity index (χ3v) is 3.90. The topological polar surface area (TPSA) is 79.5 Å². The lowest BCUT2D eigenvalue weighted by molar-refractivity contribution is 0.0955. The van der Waals surface area contributed by atoms with Gasteiger partial charge >= 0.3 is 0 Å². The second-order valence-electron chi connectivity index (χ2n) is 5.28. The van der Waals surface area contributed by atoms with Crippen molar-refractivity contribution in [3.63, 3.8) is 0 Å². The van der Waals surface area contributed by atoms with Crippen LogP contribution in [0, 0.1) is 6.92 Å². The number of benzene rings is 2. The van der Waals surface area contributed by atoms with Crippen LogP contribution in [-0.4, -0.2) is 27.0 Å². The van der Waals surface area contributed by atoms with Crippen molar-refractivity contribution < 1.29 is 9.90 Å². The van der Waals surface area contributed by atoms with E-state index < -0.39 is 0 Å². The molecule has 2 aromatic carbocycles. The maximum absolute atomic E-state index is 12.0. The molecule has 0 spiro atoms. The summed E-state index contributed by atoms with van der Waals surface area (Å²) >= 11 is 6.38. The molecule has 0 fully saturated rings. The minimum Gasteiger partial charge on any atom is -0.508 e. The number of aromatic hydroxyl groups is 1.